The quantitative estimate of drug-likeness (QED) is 0.351. The van der Waals surface area contributed by atoms with Gasteiger partial charge in [-0.3, -0.25) is 20.2 Å². The van der Waals surface area contributed by atoms with Crippen molar-refractivity contribution in [2.45, 2.75) is 25.7 Å². The first-order chi connectivity index (χ1) is 14.1. The number of urea groups is 1. The Labute approximate surface area is 197 Å². The fourth-order valence-electron chi connectivity index (χ4n) is 3.32. The summed E-state index contributed by atoms with van der Waals surface area (Å²) in [7, 11) is 0. The Balaban J connectivity index is 0.00000320. The van der Waals surface area contributed by atoms with Crippen molar-refractivity contribution in [1.82, 2.24) is 10.6 Å². The van der Waals surface area contributed by atoms with Crippen molar-refractivity contribution in [3.05, 3.63) is 60.7 Å². The topological polar surface area (TPSA) is 93.7 Å². The summed E-state index contributed by atoms with van der Waals surface area (Å²) in [6.07, 6.45) is 1.53. The maximum atomic E-state index is 12.6. The second kappa shape index (κ2) is 11.7. The van der Waals surface area contributed by atoms with Crippen molar-refractivity contribution in [2.75, 3.05) is 13.2 Å². The summed E-state index contributed by atoms with van der Waals surface area (Å²) >= 11 is 0. The molecule has 30 heavy (non-hydrogen) atoms. The number of rotatable bonds is 10. The molecule has 0 bridgehead atoms. The number of hydrogen-bond acceptors (Lipinski definition) is 5. The minimum absolute atomic E-state index is 0. The zero-order valence-electron chi connectivity index (χ0n) is 17.1. The maximum Gasteiger partial charge on any atom is 0.328 e. The second-order valence-electron chi connectivity index (χ2n) is 6.85. The van der Waals surface area contributed by atoms with Gasteiger partial charge >= 0.3 is 6.03 Å². The first kappa shape index (κ1) is 23.9. The van der Waals surface area contributed by atoms with Gasteiger partial charge in [-0.1, -0.05) is 36.4 Å². The molecule has 7 nitrogen and oxygen atoms in total. The van der Waals surface area contributed by atoms with E-state index in [0.29, 0.717) is 26.1 Å². The minimum atomic E-state index is -1.31. The van der Waals surface area contributed by atoms with Gasteiger partial charge in [-0.05, 0) is 49.9 Å². The van der Waals surface area contributed by atoms with Gasteiger partial charge in [0.15, 0.2) is 0 Å². The number of carbonyl (C=O) groups excluding carboxylic acids is 3. The predicted molar refractivity (Wildman–Crippen MR) is 112 cm³/mol. The smallest absolute Gasteiger partial charge is 0.328 e. The van der Waals surface area contributed by atoms with Crippen LogP contribution >= 0.6 is 0 Å². The number of ether oxygens (including phenoxy) is 2. The van der Waals surface area contributed by atoms with Gasteiger partial charge in [0, 0.05) is 29.6 Å². The first-order valence-corrected chi connectivity index (χ1v) is 9.63. The molecule has 3 rings (SSSR count). The minimum Gasteiger partial charge on any atom is -0.494 e. The Morgan fingerprint density at radius 3 is 1.47 bits per heavy atom. The number of imide groups is 2. The number of carbonyl (C=O) groups is 3. The summed E-state index contributed by atoms with van der Waals surface area (Å²) in [4.78, 5) is 36.7. The van der Waals surface area contributed by atoms with Crippen LogP contribution in [0.4, 0.5) is 4.79 Å². The molecule has 1 saturated heterocycles. The van der Waals surface area contributed by atoms with Gasteiger partial charge < -0.3 is 9.47 Å². The molecule has 1 aliphatic rings. The van der Waals surface area contributed by atoms with E-state index in [1.54, 1.807) is 0 Å². The summed E-state index contributed by atoms with van der Waals surface area (Å²) in [5, 5.41) is 4.45. The largest absolute Gasteiger partial charge is 0.494 e. The molecule has 2 N–H and O–H groups in total. The number of hydrogen-bond donors (Lipinski definition) is 2. The molecular weight excluding hydrogens is 395 g/mol. The molecular formula is C22H24N2NaO5. The molecule has 4 amide bonds. The van der Waals surface area contributed by atoms with Crippen LogP contribution in [0, 0.1) is 5.41 Å². The van der Waals surface area contributed by atoms with Gasteiger partial charge in [0.25, 0.3) is 0 Å². The zero-order chi connectivity index (χ0) is 20.5. The van der Waals surface area contributed by atoms with Crippen LogP contribution in [0.15, 0.2) is 60.7 Å². The number of amides is 4. The van der Waals surface area contributed by atoms with Crippen LogP contribution < -0.4 is 20.1 Å². The fraction of sp³-hybridized carbons (Fsp3) is 0.318. The molecule has 1 aliphatic heterocycles. The molecule has 1 radical (unpaired) electrons. The van der Waals surface area contributed by atoms with Crippen molar-refractivity contribution in [2.24, 2.45) is 5.41 Å². The molecule has 0 aromatic heterocycles. The van der Waals surface area contributed by atoms with Crippen LogP contribution in [-0.2, 0) is 9.59 Å². The third-order valence-electron chi connectivity index (χ3n) is 4.84. The fourth-order valence-corrected chi connectivity index (χ4v) is 3.32. The van der Waals surface area contributed by atoms with E-state index in [1.807, 2.05) is 60.7 Å². The van der Waals surface area contributed by atoms with Crippen molar-refractivity contribution in [3.8, 4) is 11.5 Å². The molecule has 0 atom stereocenters. The van der Waals surface area contributed by atoms with Gasteiger partial charge in [0.1, 0.15) is 16.9 Å². The number of barbiturate groups is 1. The molecule has 1 fully saturated rings. The van der Waals surface area contributed by atoms with Crippen LogP contribution in [-0.4, -0.2) is 60.6 Å². The molecule has 2 aromatic carbocycles. The summed E-state index contributed by atoms with van der Waals surface area (Å²) < 4.78 is 11.3. The van der Waals surface area contributed by atoms with E-state index >= 15 is 0 Å². The Morgan fingerprint density at radius 2 is 1.07 bits per heavy atom. The summed E-state index contributed by atoms with van der Waals surface area (Å²) in [5.41, 5.74) is -1.31. The molecule has 0 spiro atoms. The molecule has 0 saturated carbocycles. The number of nitrogens with one attached hydrogen (secondary N) is 2. The van der Waals surface area contributed by atoms with E-state index in [-0.39, 0.29) is 42.4 Å². The summed E-state index contributed by atoms with van der Waals surface area (Å²) in [6, 6.07) is 17.9. The van der Waals surface area contributed by atoms with E-state index in [9.17, 15) is 14.4 Å². The van der Waals surface area contributed by atoms with E-state index in [0.717, 1.165) is 11.5 Å². The van der Waals surface area contributed by atoms with Crippen LogP contribution in [0.5, 0.6) is 11.5 Å². The number of benzene rings is 2. The van der Waals surface area contributed by atoms with Crippen molar-refractivity contribution < 1.29 is 23.9 Å². The monoisotopic (exact) mass is 419 g/mol. The zero-order valence-corrected chi connectivity index (χ0v) is 19.1. The van der Waals surface area contributed by atoms with Crippen molar-refractivity contribution >= 4 is 47.4 Å². The molecule has 0 aliphatic carbocycles. The van der Waals surface area contributed by atoms with E-state index in [2.05, 4.69) is 10.6 Å². The predicted octanol–water partition coefficient (Wildman–Crippen LogP) is 2.68. The van der Waals surface area contributed by atoms with Crippen LogP contribution in [0.2, 0.25) is 0 Å². The number of para-hydroxylation sites is 2. The van der Waals surface area contributed by atoms with Crippen LogP contribution in [0.25, 0.3) is 0 Å². The molecule has 1 heterocycles. The van der Waals surface area contributed by atoms with E-state index < -0.39 is 23.3 Å². The average Bonchev–Trinajstić information content (AvgIpc) is 2.73. The van der Waals surface area contributed by atoms with Crippen molar-refractivity contribution in [3.63, 3.8) is 0 Å². The standard InChI is InChI=1S/C22H24N2O5.Na/c25-19-22(20(26)24-21(27)23-19,13-7-15-28-17-9-3-1-4-10-17)14-8-16-29-18-11-5-2-6-12-18;/h1-6,9-12H,7-8,13-16H2,(H2,23,24,25,26,27);. The Hall–Kier alpha value is -2.35. The van der Waals surface area contributed by atoms with Gasteiger partial charge in [0.05, 0.1) is 13.2 Å². The SMILES string of the molecule is O=C1NC(=O)C(CCCOc2ccccc2)(CCCOc2ccccc2)C(=O)N1.[Na]. The Kier molecular flexibility index (Phi) is 9.36. The Bertz CT molecular complexity index is 776. The summed E-state index contributed by atoms with van der Waals surface area (Å²) in [6.45, 7) is 0.724. The van der Waals surface area contributed by atoms with Gasteiger partial charge in [-0.15, -0.1) is 0 Å². The summed E-state index contributed by atoms with van der Waals surface area (Å²) in [5.74, 6) is 0.326. The second-order valence-corrected chi connectivity index (χ2v) is 6.85. The third-order valence-corrected chi connectivity index (χ3v) is 4.84. The Morgan fingerprint density at radius 1 is 0.667 bits per heavy atom. The molecule has 0 unspecified atom stereocenters. The normalized spacial score (nSPS) is 14.9. The van der Waals surface area contributed by atoms with Crippen molar-refractivity contribution in [1.29, 1.82) is 0 Å². The molecule has 2 aromatic rings. The van der Waals surface area contributed by atoms with Gasteiger partial charge in [-0.2, -0.15) is 0 Å². The maximum absolute atomic E-state index is 12.6. The van der Waals surface area contributed by atoms with Crippen LogP contribution in [0.3, 0.4) is 0 Å². The van der Waals surface area contributed by atoms with E-state index in [4.69, 9.17) is 9.47 Å². The molecule has 8 heteroatoms. The molecule has 153 valence electrons. The third kappa shape index (κ3) is 6.32. The van der Waals surface area contributed by atoms with E-state index in [1.165, 1.54) is 0 Å². The van der Waals surface area contributed by atoms with Gasteiger partial charge in [0.2, 0.25) is 11.8 Å². The van der Waals surface area contributed by atoms with Gasteiger partial charge in [-0.25, -0.2) is 4.79 Å². The van der Waals surface area contributed by atoms with Crippen LogP contribution in [0.1, 0.15) is 25.7 Å². The first-order valence-electron chi connectivity index (χ1n) is 9.63. The average molecular weight is 419 g/mol.